The van der Waals surface area contributed by atoms with E-state index in [1.54, 1.807) is 11.3 Å². The largest absolute Gasteiger partial charge is 0.383 e. The van der Waals surface area contributed by atoms with E-state index in [0.717, 1.165) is 23.8 Å². The maximum Gasteiger partial charge on any atom is 0.136 e. The van der Waals surface area contributed by atoms with Gasteiger partial charge in [-0.2, -0.15) is 0 Å². The van der Waals surface area contributed by atoms with Crippen molar-refractivity contribution in [2.24, 2.45) is 0 Å². The highest BCUT2D eigenvalue weighted by Crippen LogP contribution is 2.39. The van der Waals surface area contributed by atoms with Gasteiger partial charge in [-0.3, -0.25) is 0 Å². The zero-order valence-corrected chi connectivity index (χ0v) is 13.6. The Kier molecular flexibility index (Phi) is 3.61. The van der Waals surface area contributed by atoms with Crippen LogP contribution in [0.2, 0.25) is 0 Å². The third-order valence-electron chi connectivity index (χ3n) is 4.03. The van der Waals surface area contributed by atoms with Gasteiger partial charge in [0.15, 0.2) is 0 Å². The van der Waals surface area contributed by atoms with Gasteiger partial charge >= 0.3 is 0 Å². The van der Waals surface area contributed by atoms with Crippen molar-refractivity contribution in [3.63, 3.8) is 0 Å². The topological polar surface area (TPSA) is 63.8 Å². The molecule has 4 nitrogen and oxygen atoms in total. The number of nitrogen functional groups attached to an aromatic ring is 1. The molecular formula is C16H22N4S. The molecule has 0 amide bonds. The number of nitrogens with zero attached hydrogens (tertiary/aromatic N) is 2. The third kappa shape index (κ3) is 3.02. The minimum Gasteiger partial charge on any atom is -0.383 e. The SMILES string of the molecule is Cc1c(N)nc(C2CC2)nc1NCC(C)(C)c1cccs1. The summed E-state index contributed by atoms with van der Waals surface area (Å²) in [6.45, 7) is 7.29. The summed E-state index contributed by atoms with van der Waals surface area (Å²) in [7, 11) is 0. The number of hydrogen-bond acceptors (Lipinski definition) is 5. The fraction of sp³-hybridized carbons (Fsp3) is 0.500. The molecule has 2 heterocycles. The molecule has 0 aliphatic heterocycles. The lowest BCUT2D eigenvalue weighted by Crippen LogP contribution is -2.27. The summed E-state index contributed by atoms with van der Waals surface area (Å²) in [5, 5.41) is 5.60. The van der Waals surface area contributed by atoms with E-state index in [-0.39, 0.29) is 5.41 Å². The van der Waals surface area contributed by atoms with Gasteiger partial charge in [-0.25, -0.2) is 9.97 Å². The van der Waals surface area contributed by atoms with Crippen molar-refractivity contribution in [2.45, 2.75) is 44.9 Å². The van der Waals surface area contributed by atoms with Gasteiger partial charge in [0.05, 0.1) is 0 Å². The second-order valence-corrected chi connectivity index (χ2v) is 7.38. The van der Waals surface area contributed by atoms with Gasteiger partial charge in [-0.15, -0.1) is 11.3 Å². The summed E-state index contributed by atoms with van der Waals surface area (Å²) in [5.41, 5.74) is 7.05. The van der Waals surface area contributed by atoms with Crippen molar-refractivity contribution in [1.82, 2.24) is 9.97 Å². The van der Waals surface area contributed by atoms with E-state index >= 15 is 0 Å². The molecule has 0 radical (unpaired) electrons. The Morgan fingerprint density at radius 1 is 1.38 bits per heavy atom. The fourth-order valence-corrected chi connectivity index (χ4v) is 3.16. The Morgan fingerprint density at radius 3 is 2.76 bits per heavy atom. The van der Waals surface area contributed by atoms with Crippen LogP contribution in [0.3, 0.4) is 0 Å². The Bertz CT molecular complexity index is 630. The molecule has 3 N–H and O–H groups in total. The zero-order chi connectivity index (χ0) is 15.0. The number of rotatable bonds is 5. The van der Waals surface area contributed by atoms with Gasteiger partial charge in [-0.05, 0) is 31.2 Å². The molecule has 112 valence electrons. The van der Waals surface area contributed by atoms with Gasteiger partial charge in [0.25, 0.3) is 0 Å². The number of hydrogen-bond donors (Lipinski definition) is 2. The highest BCUT2D eigenvalue weighted by molar-refractivity contribution is 7.10. The summed E-state index contributed by atoms with van der Waals surface area (Å²) in [6, 6.07) is 4.28. The molecule has 2 aromatic rings. The lowest BCUT2D eigenvalue weighted by molar-refractivity contribution is 0.567. The Labute approximate surface area is 129 Å². The monoisotopic (exact) mass is 302 g/mol. The van der Waals surface area contributed by atoms with Crippen molar-refractivity contribution >= 4 is 23.0 Å². The second-order valence-electron chi connectivity index (χ2n) is 6.43. The first kappa shape index (κ1) is 14.3. The molecule has 1 saturated carbocycles. The quantitative estimate of drug-likeness (QED) is 0.884. The van der Waals surface area contributed by atoms with Crippen molar-refractivity contribution in [3.8, 4) is 0 Å². The van der Waals surface area contributed by atoms with Crippen LogP contribution >= 0.6 is 11.3 Å². The summed E-state index contributed by atoms with van der Waals surface area (Å²) in [4.78, 5) is 10.5. The number of nitrogens with two attached hydrogens (primary N) is 1. The molecular weight excluding hydrogens is 280 g/mol. The maximum atomic E-state index is 6.03. The lowest BCUT2D eigenvalue weighted by atomic mass is 9.91. The standard InChI is InChI=1S/C16H22N4S/c1-10-13(17)19-15(11-6-7-11)20-14(10)18-9-16(2,3)12-5-4-8-21-12/h4-5,8,11H,6-7,9H2,1-3H3,(H3,17,18,19,20). The molecule has 2 aromatic heterocycles. The molecule has 0 bridgehead atoms. The average Bonchev–Trinajstić information content (AvgIpc) is 3.14. The molecule has 21 heavy (non-hydrogen) atoms. The number of thiophene rings is 1. The summed E-state index contributed by atoms with van der Waals surface area (Å²) in [6.07, 6.45) is 2.37. The molecule has 0 atom stereocenters. The van der Waals surface area contributed by atoms with Gasteiger partial charge in [0, 0.05) is 28.3 Å². The van der Waals surface area contributed by atoms with E-state index in [4.69, 9.17) is 5.73 Å². The summed E-state index contributed by atoms with van der Waals surface area (Å²) in [5.74, 6) is 2.89. The van der Waals surface area contributed by atoms with Crippen LogP contribution in [0.15, 0.2) is 17.5 Å². The number of aromatic nitrogens is 2. The first-order valence-corrected chi connectivity index (χ1v) is 8.27. The van der Waals surface area contributed by atoms with Crippen molar-refractivity contribution in [3.05, 3.63) is 33.8 Å². The Hall–Kier alpha value is -1.62. The summed E-state index contributed by atoms with van der Waals surface area (Å²) < 4.78 is 0. The van der Waals surface area contributed by atoms with Crippen molar-refractivity contribution in [2.75, 3.05) is 17.6 Å². The van der Waals surface area contributed by atoms with E-state index in [0.29, 0.717) is 11.7 Å². The molecule has 1 aliphatic carbocycles. The first-order valence-electron chi connectivity index (χ1n) is 7.39. The minimum atomic E-state index is 0.0695. The molecule has 5 heteroatoms. The van der Waals surface area contributed by atoms with E-state index in [9.17, 15) is 0 Å². The molecule has 0 unspecified atom stereocenters. The molecule has 1 fully saturated rings. The molecule has 0 saturated heterocycles. The average molecular weight is 302 g/mol. The molecule has 0 aromatic carbocycles. The highest BCUT2D eigenvalue weighted by Gasteiger charge is 2.28. The molecule has 3 rings (SSSR count). The zero-order valence-electron chi connectivity index (χ0n) is 12.8. The van der Waals surface area contributed by atoms with Crippen LogP contribution in [-0.2, 0) is 5.41 Å². The van der Waals surface area contributed by atoms with Gasteiger partial charge in [0.1, 0.15) is 17.5 Å². The lowest BCUT2D eigenvalue weighted by Gasteiger charge is -2.24. The van der Waals surface area contributed by atoms with E-state index in [1.165, 1.54) is 17.7 Å². The minimum absolute atomic E-state index is 0.0695. The van der Waals surface area contributed by atoms with Crippen LogP contribution in [0, 0.1) is 6.92 Å². The highest BCUT2D eigenvalue weighted by atomic mass is 32.1. The first-order chi connectivity index (χ1) is 9.97. The fourth-order valence-electron chi connectivity index (χ4n) is 2.30. The Morgan fingerprint density at radius 2 is 2.14 bits per heavy atom. The molecule has 1 aliphatic rings. The number of anilines is 2. The predicted octanol–water partition coefficient (Wildman–Crippen LogP) is 3.70. The van der Waals surface area contributed by atoms with Crippen LogP contribution in [0.1, 0.15) is 48.9 Å². The van der Waals surface area contributed by atoms with Crippen LogP contribution < -0.4 is 11.1 Å². The van der Waals surface area contributed by atoms with Gasteiger partial charge in [0.2, 0.25) is 0 Å². The third-order valence-corrected chi connectivity index (χ3v) is 5.27. The molecule has 0 spiro atoms. The predicted molar refractivity (Wildman–Crippen MR) is 89.0 cm³/mol. The van der Waals surface area contributed by atoms with Crippen LogP contribution in [-0.4, -0.2) is 16.5 Å². The number of nitrogens with one attached hydrogen (secondary N) is 1. The van der Waals surface area contributed by atoms with Gasteiger partial charge < -0.3 is 11.1 Å². The second kappa shape index (κ2) is 5.30. The maximum absolute atomic E-state index is 6.03. The van der Waals surface area contributed by atoms with Crippen molar-refractivity contribution < 1.29 is 0 Å². The Balaban J connectivity index is 1.78. The van der Waals surface area contributed by atoms with E-state index < -0.39 is 0 Å². The van der Waals surface area contributed by atoms with Crippen LogP contribution in [0.25, 0.3) is 0 Å². The van der Waals surface area contributed by atoms with E-state index in [2.05, 4.69) is 46.6 Å². The van der Waals surface area contributed by atoms with E-state index in [1.807, 2.05) is 6.92 Å². The van der Waals surface area contributed by atoms with Crippen LogP contribution in [0.5, 0.6) is 0 Å². The normalized spacial score (nSPS) is 15.2. The van der Waals surface area contributed by atoms with Crippen LogP contribution in [0.4, 0.5) is 11.6 Å². The smallest absolute Gasteiger partial charge is 0.136 e. The summed E-state index contributed by atoms with van der Waals surface area (Å²) >= 11 is 1.79. The van der Waals surface area contributed by atoms with Gasteiger partial charge in [-0.1, -0.05) is 19.9 Å². The van der Waals surface area contributed by atoms with Crippen molar-refractivity contribution in [1.29, 1.82) is 0 Å².